The summed E-state index contributed by atoms with van der Waals surface area (Å²) in [6.45, 7) is 6.81. The van der Waals surface area contributed by atoms with Crippen LogP contribution in [0.4, 0.5) is 0 Å². The molecule has 4 heteroatoms. The van der Waals surface area contributed by atoms with Crippen LogP contribution in [0.3, 0.4) is 0 Å². The first kappa shape index (κ1) is 24.4. The number of carbonyl (C=O) groups excluding carboxylic acids is 1. The second-order valence-corrected chi connectivity index (χ2v) is 8.20. The molecule has 3 aromatic rings. The summed E-state index contributed by atoms with van der Waals surface area (Å²) in [5.74, 6) is 1.54. The van der Waals surface area contributed by atoms with Gasteiger partial charge in [0.2, 0.25) is 5.91 Å². The zero-order valence-corrected chi connectivity index (χ0v) is 19.8. The van der Waals surface area contributed by atoms with Crippen LogP contribution in [0.25, 0.3) is 0 Å². The van der Waals surface area contributed by atoms with Crippen LogP contribution in [0.15, 0.2) is 78.9 Å². The Kier molecular flexibility index (Phi) is 9.84. The highest BCUT2D eigenvalue weighted by atomic mass is 16.5. The van der Waals surface area contributed by atoms with Crippen LogP contribution >= 0.6 is 0 Å². The Balaban J connectivity index is 1.71. The summed E-state index contributed by atoms with van der Waals surface area (Å²) in [7, 11) is 0. The van der Waals surface area contributed by atoms with Gasteiger partial charge in [-0.1, -0.05) is 80.6 Å². The number of nitrogens with zero attached hydrogens (tertiary/aromatic N) is 1. The monoisotopic (exact) mass is 445 g/mol. The van der Waals surface area contributed by atoms with Crippen LogP contribution in [0, 0.1) is 0 Å². The molecule has 0 aliphatic rings. The number of rotatable bonds is 13. The predicted molar refractivity (Wildman–Crippen MR) is 134 cm³/mol. The average molecular weight is 446 g/mol. The van der Waals surface area contributed by atoms with Crippen molar-refractivity contribution in [3.05, 3.63) is 95.6 Å². The highest BCUT2D eigenvalue weighted by Crippen LogP contribution is 2.30. The fourth-order valence-corrected chi connectivity index (χ4v) is 3.74. The summed E-state index contributed by atoms with van der Waals surface area (Å²) < 4.78 is 12.2. The molecule has 0 spiro atoms. The maximum Gasteiger partial charge on any atom is 0.226 e. The fraction of sp³-hybridized carbons (Fsp3) is 0.345. The van der Waals surface area contributed by atoms with Crippen molar-refractivity contribution >= 4 is 5.91 Å². The summed E-state index contributed by atoms with van der Waals surface area (Å²) in [5, 5.41) is 0. The molecule has 1 amide bonds. The molecule has 3 aromatic carbocycles. The first-order valence-corrected chi connectivity index (χ1v) is 11.9. The summed E-state index contributed by atoms with van der Waals surface area (Å²) in [4.78, 5) is 14.8. The maximum absolute atomic E-state index is 12.9. The number of amides is 1. The Morgan fingerprint density at radius 2 is 1.36 bits per heavy atom. The van der Waals surface area contributed by atoms with Crippen molar-refractivity contribution in [2.24, 2.45) is 0 Å². The molecule has 0 unspecified atom stereocenters. The number of hydrogen-bond acceptors (Lipinski definition) is 3. The molecule has 0 bridgehead atoms. The van der Waals surface area contributed by atoms with E-state index < -0.39 is 0 Å². The quantitative estimate of drug-likeness (QED) is 0.320. The first-order valence-electron chi connectivity index (χ1n) is 11.9. The lowest BCUT2D eigenvalue weighted by Gasteiger charge is -2.22. The minimum absolute atomic E-state index is 0.159. The maximum atomic E-state index is 12.9. The van der Waals surface area contributed by atoms with E-state index in [1.807, 2.05) is 71.6 Å². The van der Waals surface area contributed by atoms with E-state index in [-0.39, 0.29) is 5.91 Å². The second kappa shape index (κ2) is 13.3. The van der Waals surface area contributed by atoms with E-state index in [1.54, 1.807) is 0 Å². The summed E-state index contributed by atoms with van der Waals surface area (Å²) in [6, 6.07) is 26.2. The van der Waals surface area contributed by atoms with Crippen molar-refractivity contribution in [1.29, 1.82) is 0 Å². The van der Waals surface area contributed by atoms with Crippen molar-refractivity contribution in [2.45, 2.75) is 46.1 Å². The molecule has 174 valence electrons. The Hall–Kier alpha value is -3.27. The molecule has 0 aromatic heterocycles. The third-order valence-corrected chi connectivity index (χ3v) is 5.43. The van der Waals surface area contributed by atoms with E-state index in [1.165, 1.54) is 5.56 Å². The van der Waals surface area contributed by atoms with Crippen molar-refractivity contribution in [3.63, 3.8) is 0 Å². The van der Waals surface area contributed by atoms with Crippen LogP contribution in [-0.2, 0) is 24.2 Å². The van der Waals surface area contributed by atoms with Gasteiger partial charge in [0.05, 0.1) is 13.0 Å². The molecule has 0 aliphatic carbocycles. The van der Waals surface area contributed by atoms with Crippen LogP contribution in [0.1, 0.15) is 43.4 Å². The summed E-state index contributed by atoms with van der Waals surface area (Å²) in [6.07, 6.45) is 3.11. The van der Waals surface area contributed by atoms with Gasteiger partial charge in [-0.25, -0.2) is 0 Å². The molecule has 3 rings (SSSR count). The third kappa shape index (κ3) is 7.98. The molecule has 0 heterocycles. The third-order valence-electron chi connectivity index (χ3n) is 5.43. The molecule has 0 saturated carbocycles. The van der Waals surface area contributed by atoms with Crippen molar-refractivity contribution in [3.8, 4) is 11.5 Å². The molecule has 0 atom stereocenters. The molecular formula is C29H35NO3. The van der Waals surface area contributed by atoms with Crippen LogP contribution in [0.5, 0.6) is 11.5 Å². The minimum atomic E-state index is 0.159. The standard InChI is InChI=1S/C29H35NO3/c1-3-18-30(19-4-2)29(31)22-26-15-16-27(33-23-25-13-9-6-10-14-25)28(21-26)32-20-17-24-11-7-5-8-12-24/h5-16,21H,3-4,17-20,22-23H2,1-2H3. The Morgan fingerprint density at radius 3 is 2.00 bits per heavy atom. The predicted octanol–water partition coefficient (Wildman–Crippen LogP) is 6.08. The lowest BCUT2D eigenvalue weighted by molar-refractivity contribution is -0.130. The lowest BCUT2D eigenvalue weighted by Crippen LogP contribution is -2.33. The van der Waals surface area contributed by atoms with E-state index in [4.69, 9.17) is 9.47 Å². The van der Waals surface area contributed by atoms with Gasteiger partial charge in [0.1, 0.15) is 6.61 Å². The van der Waals surface area contributed by atoms with Gasteiger partial charge in [-0.2, -0.15) is 0 Å². The van der Waals surface area contributed by atoms with Crippen LogP contribution < -0.4 is 9.47 Å². The molecule has 33 heavy (non-hydrogen) atoms. The summed E-state index contributed by atoms with van der Waals surface area (Å²) in [5.41, 5.74) is 3.27. The number of hydrogen-bond donors (Lipinski definition) is 0. The smallest absolute Gasteiger partial charge is 0.226 e. The zero-order valence-electron chi connectivity index (χ0n) is 19.8. The van der Waals surface area contributed by atoms with Crippen LogP contribution in [0.2, 0.25) is 0 Å². The first-order chi connectivity index (χ1) is 16.2. The SMILES string of the molecule is CCCN(CCC)C(=O)Cc1ccc(OCc2ccccc2)c(OCCc2ccccc2)c1. The molecule has 0 saturated heterocycles. The van der Waals surface area contributed by atoms with E-state index in [9.17, 15) is 4.79 Å². The highest BCUT2D eigenvalue weighted by molar-refractivity contribution is 5.79. The molecule has 4 nitrogen and oxygen atoms in total. The largest absolute Gasteiger partial charge is 0.489 e. The van der Waals surface area contributed by atoms with E-state index in [0.717, 1.165) is 43.5 Å². The zero-order chi connectivity index (χ0) is 23.3. The van der Waals surface area contributed by atoms with Gasteiger partial charge in [-0.05, 0) is 41.7 Å². The van der Waals surface area contributed by atoms with Crippen molar-refractivity contribution < 1.29 is 14.3 Å². The molecular weight excluding hydrogens is 410 g/mol. The Labute approximate surface area is 198 Å². The number of benzene rings is 3. The molecule has 0 fully saturated rings. The number of carbonyl (C=O) groups is 1. The molecule has 0 radical (unpaired) electrons. The number of ether oxygens (including phenoxy) is 2. The van der Waals surface area contributed by atoms with Crippen molar-refractivity contribution in [2.75, 3.05) is 19.7 Å². The van der Waals surface area contributed by atoms with E-state index in [0.29, 0.717) is 31.1 Å². The van der Waals surface area contributed by atoms with Gasteiger partial charge in [-0.3, -0.25) is 4.79 Å². The van der Waals surface area contributed by atoms with Gasteiger partial charge in [0.25, 0.3) is 0 Å². The van der Waals surface area contributed by atoms with Crippen LogP contribution in [-0.4, -0.2) is 30.5 Å². The highest BCUT2D eigenvalue weighted by Gasteiger charge is 2.15. The normalized spacial score (nSPS) is 10.6. The fourth-order valence-electron chi connectivity index (χ4n) is 3.74. The topological polar surface area (TPSA) is 38.8 Å². The van der Waals surface area contributed by atoms with Gasteiger partial charge >= 0.3 is 0 Å². The summed E-state index contributed by atoms with van der Waals surface area (Å²) >= 11 is 0. The van der Waals surface area contributed by atoms with Gasteiger partial charge in [0.15, 0.2) is 11.5 Å². The Bertz CT molecular complexity index is 967. The minimum Gasteiger partial charge on any atom is -0.489 e. The van der Waals surface area contributed by atoms with E-state index in [2.05, 4.69) is 26.0 Å². The van der Waals surface area contributed by atoms with E-state index >= 15 is 0 Å². The van der Waals surface area contributed by atoms with Gasteiger partial charge < -0.3 is 14.4 Å². The second-order valence-electron chi connectivity index (χ2n) is 8.20. The lowest BCUT2D eigenvalue weighted by atomic mass is 10.1. The Morgan fingerprint density at radius 1 is 0.727 bits per heavy atom. The average Bonchev–Trinajstić information content (AvgIpc) is 2.84. The van der Waals surface area contributed by atoms with Gasteiger partial charge in [-0.15, -0.1) is 0 Å². The molecule has 0 aliphatic heterocycles. The van der Waals surface area contributed by atoms with Gasteiger partial charge in [0, 0.05) is 19.5 Å². The molecule has 0 N–H and O–H groups in total. The van der Waals surface area contributed by atoms with Crippen molar-refractivity contribution in [1.82, 2.24) is 4.90 Å².